The molecular formula is C21H30N2O7. The Morgan fingerprint density at radius 2 is 1.90 bits per heavy atom. The minimum absolute atomic E-state index is 0.0258. The second-order valence-electron chi connectivity index (χ2n) is 6.98. The zero-order chi connectivity index (χ0) is 21.9. The first-order chi connectivity index (χ1) is 14.4. The van der Waals surface area contributed by atoms with Crippen LogP contribution >= 0.6 is 0 Å². The molecule has 1 aliphatic rings. The van der Waals surface area contributed by atoms with Crippen molar-refractivity contribution in [3.63, 3.8) is 0 Å². The van der Waals surface area contributed by atoms with Crippen LogP contribution in [0.2, 0.25) is 0 Å². The molecule has 1 atom stereocenters. The molecule has 1 N–H and O–H groups in total. The van der Waals surface area contributed by atoms with Crippen LogP contribution in [0.5, 0.6) is 11.5 Å². The summed E-state index contributed by atoms with van der Waals surface area (Å²) in [6, 6.07) is 4.51. The monoisotopic (exact) mass is 422 g/mol. The Labute approximate surface area is 176 Å². The number of methoxy groups -OCH3 is 1. The van der Waals surface area contributed by atoms with E-state index < -0.39 is 5.97 Å². The maximum absolute atomic E-state index is 12.2. The number of carbonyl (C=O) groups is 3. The number of hydrogen-bond acceptors (Lipinski definition) is 7. The molecule has 1 aliphatic heterocycles. The molecule has 0 saturated carbocycles. The molecule has 30 heavy (non-hydrogen) atoms. The van der Waals surface area contributed by atoms with Gasteiger partial charge in [-0.05, 0) is 31.5 Å². The number of benzene rings is 1. The molecule has 9 nitrogen and oxygen atoms in total. The second kappa shape index (κ2) is 12.0. The molecule has 0 aliphatic carbocycles. The first-order valence-electron chi connectivity index (χ1n) is 10.1. The molecule has 0 radical (unpaired) electrons. The van der Waals surface area contributed by atoms with Crippen molar-refractivity contribution in [3.05, 3.63) is 23.8 Å². The molecule has 9 heteroatoms. The van der Waals surface area contributed by atoms with Crippen molar-refractivity contribution >= 4 is 17.8 Å². The summed E-state index contributed by atoms with van der Waals surface area (Å²) in [6.45, 7) is 5.53. The normalized spacial score (nSPS) is 14.6. The minimum Gasteiger partial charge on any atom is -0.493 e. The van der Waals surface area contributed by atoms with Gasteiger partial charge in [-0.15, -0.1) is 0 Å². The third-order valence-corrected chi connectivity index (χ3v) is 4.58. The highest BCUT2D eigenvalue weighted by Gasteiger charge is 2.19. The van der Waals surface area contributed by atoms with Crippen LogP contribution in [0, 0.1) is 0 Å². The standard InChI is InChI=1S/C21H30N2O7/c1-4-5-15(2)22-19(24)13-30-21(26)16-6-7-17(18(12-16)27-3)29-14-20(25)23-8-10-28-11-9-23/h6-7,12,15H,4-5,8-11,13-14H2,1-3H3,(H,22,24)/t15-/m1/s1. The largest absolute Gasteiger partial charge is 0.493 e. The lowest BCUT2D eigenvalue weighted by Gasteiger charge is -2.26. The number of hydrogen-bond donors (Lipinski definition) is 1. The Morgan fingerprint density at radius 1 is 1.17 bits per heavy atom. The van der Waals surface area contributed by atoms with Crippen LogP contribution in [0.25, 0.3) is 0 Å². The molecule has 1 saturated heterocycles. The predicted molar refractivity (Wildman–Crippen MR) is 109 cm³/mol. The van der Waals surface area contributed by atoms with Gasteiger partial charge >= 0.3 is 5.97 Å². The van der Waals surface area contributed by atoms with E-state index in [2.05, 4.69) is 5.32 Å². The zero-order valence-corrected chi connectivity index (χ0v) is 17.8. The van der Waals surface area contributed by atoms with Crippen LogP contribution in [0.1, 0.15) is 37.0 Å². The summed E-state index contributed by atoms with van der Waals surface area (Å²) >= 11 is 0. The van der Waals surface area contributed by atoms with E-state index in [1.807, 2.05) is 13.8 Å². The summed E-state index contributed by atoms with van der Waals surface area (Å²) in [6.07, 6.45) is 1.81. The quantitative estimate of drug-likeness (QED) is 0.569. The lowest BCUT2D eigenvalue weighted by molar-refractivity contribution is -0.137. The van der Waals surface area contributed by atoms with E-state index >= 15 is 0 Å². The van der Waals surface area contributed by atoms with Gasteiger partial charge in [-0.2, -0.15) is 0 Å². The Hall–Kier alpha value is -2.81. The Kier molecular flexibility index (Phi) is 9.40. The number of carbonyl (C=O) groups excluding carboxylic acids is 3. The number of morpholine rings is 1. The highest BCUT2D eigenvalue weighted by atomic mass is 16.5. The number of rotatable bonds is 10. The van der Waals surface area contributed by atoms with Gasteiger partial charge in [0.05, 0.1) is 25.9 Å². The summed E-state index contributed by atoms with van der Waals surface area (Å²) in [4.78, 5) is 38.0. The Morgan fingerprint density at radius 3 is 2.57 bits per heavy atom. The molecule has 2 amide bonds. The van der Waals surface area contributed by atoms with Crippen molar-refractivity contribution in [3.8, 4) is 11.5 Å². The topological polar surface area (TPSA) is 103 Å². The van der Waals surface area contributed by atoms with E-state index in [0.717, 1.165) is 12.8 Å². The first kappa shape index (κ1) is 23.5. The molecule has 2 rings (SSSR count). The van der Waals surface area contributed by atoms with Gasteiger partial charge in [0.15, 0.2) is 24.7 Å². The molecule has 1 aromatic carbocycles. The lowest BCUT2D eigenvalue weighted by atomic mass is 10.2. The fourth-order valence-corrected chi connectivity index (χ4v) is 2.99. The molecule has 1 fully saturated rings. The van der Waals surface area contributed by atoms with Crippen LogP contribution in [0.15, 0.2) is 18.2 Å². The minimum atomic E-state index is -0.650. The fourth-order valence-electron chi connectivity index (χ4n) is 2.99. The zero-order valence-electron chi connectivity index (χ0n) is 17.8. The highest BCUT2D eigenvalue weighted by Crippen LogP contribution is 2.28. The van der Waals surface area contributed by atoms with E-state index in [0.29, 0.717) is 37.8 Å². The molecule has 0 aromatic heterocycles. The number of esters is 1. The summed E-state index contributed by atoms with van der Waals surface area (Å²) in [7, 11) is 1.43. The lowest BCUT2D eigenvalue weighted by Crippen LogP contribution is -2.43. The summed E-state index contributed by atoms with van der Waals surface area (Å²) in [5, 5.41) is 2.77. The van der Waals surface area contributed by atoms with E-state index in [9.17, 15) is 14.4 Å². The average molecular weight is 422 g/mol. The predicted octanol–water partition coefficient (Wildman–Crippen LogP) is 1.39. The van der Waals surface area contributed by atoms with E-state index in [1.54, 1.807) is 4.90 Å². The maximum atomic E-state index is 12.2. The summed E-state index contributed by atoms with van der Waals surface area (Å²) in [5.74, 6) is -0.519. The molecule has 1 aromatic rings. The maximum Gasteiger partial charge on any atom is 0.338 e. The SMILES string of the molecule is CCC[C@@H](C)NC(=O)COC(=O)c1ccc(OCC(=O)N2CCOCC2)c(OC)c1. The Bertz CT molecular complexity index is 732. The molecule has 0 spiro atoms. The van der Waals surface area contributed by atoms with E-state index in [1.165, 1.54) is 25.3 Å². The van der Waals surface area contributed by atoms with Crippen molar-refractivity contribution in [1.82, 2.24) is 10.2 Å². The fraction of sp³-hybridized carbons (Fsp3) is 0.571. The second-order valence-corrected chi connectivity index (χ2v) is 6.98. The van der Waals surface area contributed by atoms with Crippen molar-refractivity contribution in [2.75, 3.05) is 46.6 Å². The van der Waals surface area contributed by atoms with Crippen molar-refractivity contribution in [1.29, 1.82) is 0 Å². The third kappa shape index (κ3) is 7.22. The highest BCUT2D eigenvalue weighted by molar-refractivity contribution is 5.92. The van der Waals surface area contributed by atoms with E-state index in [-0.39, 0.29) is 36.6 Å². The molecule has 1 heterocycles. The number of amides is 2. The molecule has 166 valence electrons. The molecule has 0 unspecified atom stereocenters. The van der Waals surface area contributed by atoms with Gasteiger partial charge in [-0.3, -0.25) is 9.59 Å². The van der Waals surface area contributed by atoms with Gasteiger partial charge in [-0.1, -0.05) is 13.3 Å². The van der Waals surface area contributed by atoms with Crippen LogP contribution in [0.3, 0.4) is 0 Å². The van der Waals surface area contributed by atoms with Gasteiger partial charge in [0, 0.05) is 19.1 Å². The van der Waals surface area contributed by atoms with Crippen molar-refractivity contribution in [2.45, 2.75) is 32.7 Å². The third-order valence-electron chi connectivity index (χ3n) is 4.58. The van der Waals surface area contributed by atoms with Gasteiger partial charge < -0.3 is 29.2 Å². The van der Waals surface area contributed by atoms with Gasteiger partial charge in [0.25, 0.3) is 11.8 Å². The van der Waals surface area contributed by atoms with Gasteiger partial charge in [0.2, 0.25) is 0 Å². The smallest absolute Gasteiger partial charge is 0.338 e. The number of ether oxygens (including phenoxy) is 4. The van der Waals surface area contributed by atoms with E-state index in [4.69, 9.17) is 18.9 Å². The summed E-state index contributed by atoms with van der Waals surface area (Å²) < 4.78 is 21.1. The van der Waals surface area contributed by atoms with Crippen LogP contribution in [0.4, 0.5) is 0 Å². The van der Waals surface area contributed by atoms with Crippen molar-refractivity contribution in [2.24, 2.45) is 0 Å². The van der Waals surface area contributed by atoms with Crippen LogP contribution in [-0.2, 0) is 19.1 Å². The average Bonchev–Trinajstić information content (AvgIpc) is 2.76. The first-order valence-corrected chi connectivity index (χ1v) is 10.1. The van der Waals surface area contributed by atoms with Crippen molar-refractivity contribution < 1.29 is 33.3 Å². The number of nitrogens with zero attached hydrogens (tertiary/aromatic N) is 1. The molecule has 0 bridgehead atoms. The van der Waals surface area contributed by atoms with Crippen LogP contribution in [-0.4, -0.2) is 75.4 Å². The van der Waals surface area contributed by atoms with Gasteiger partial charge in [-0.25, -0.2) is 4.79 Å². The van der Waals surface area contributed by atoms with Crippen LogP contribution < -0.4 is 14.8 Å². The summed E-state index contributed by atoms with van der Waals surface area (Å²) in [5.41, 5.74) is 0.216. The van der Waals surface area contributed by atoms with Gasteiger partial charge in [0.1, 0.15) is 0 Å². The molecular weight excluding hydrogens is 392 g/mol. The number of nitrogens with one attached hydrogen (secondary N) is 1. The Balaban J connectivity index is 1.88.